The van der Waals surface area contributed by atoms with Crippen LogP contribution in [0.15, 0.2) is 0 Å². The van der Waals surface area contributed by atoms with Crippen LogP contribution in [-0.4, -0.2) is 30.7 Å². The molecule has 0 aromatic rings. The number of hydrogen-bond donors (Lipinski definition) is 2. The minimum absolute atomic E-state index is 0.212. The van der Waals surface area contributed by atoms with E-state index in [4.69, 9.17) is 10.5 Å². The summed E-state index contributed by atoms with van der Waals surface area (Å²) in [6.45, 7) is 2.85. The molecule has 0 radical (unpaired) electrons. The van der Waals surface area contributed by atoms with Crippen molar-refractivity contribution in [3.63, 3.8) is 0 Å². The van der Waals surface area contributed by atoms with Crippen LogP contribution >= 0.6 is 0 Å². The molecule has 4 heteroatoms. The van der Waals surface area contributed by atoms with Crippen LogP contribution in [-0.2, 0) is 9.53 Å². The molecular weight excluding hydrogens is 264 g/mol. The van der Waals surface area contributed by atoms with Gasteiger partial charge in [0.05, 0.1) is 6.10 Å². The van der Waals surface area contributed by atoms with Crippen LogP contribution < -0.4 is 11.1 Å². The van der Waals surface area contributed by atoms with Gasteiger partial charge in [0, 0.05) is 30.5 Å². The highest BCUT2D eigenvalue weighted by Gasteiger charge is 2.57. The Morgan fingerprint density at radius 3 is 2.67 bits per heavy atom. The molecule has 21 heavy (non-hydrogen) atoms. The highest BCUT2D eigenvalue weighted by molar-refractivity contribution is 5.77. The van der Waals surface area contributed by atoms with Crippen molar-refractivity contribution in [1.29, 1.82) is 0 Å². The lowest BCUT2D eigenvalue weighted by Crippen LogP contribution is -2.63. The van der Waals surface area contributed by atoms with E-state index in [2.05, 4.69) is 12.2 Å². The van der Waals surface area contributed by atoms with Gasteiger partial charge in [0.25, 0.3) is 0 Å². The molecule has 0 heterocycles. The Kier molecular flexibility index (Phi) is 4.55. The maximum absolute atomic E-state index is 12.3. The third kappa shape index (κ3) is 2.85. The zero-order valence-corrected chi connectivity index (χ0v) is 13.3. The van der Waals surface area contributed by atoms with Crippen LogP contribution in [0.25, 0.3) is 0 Å². The van der Waals surface area contributed by atoms with E-state index in [9.17, 15) is 4.79 Å². The van der Waals surface area contributed by atoms with Gasteiger partial charge in [-0.2, -0.15) is 0 Å². The van der Waals surface area contributed by atoms with Gasteiger partial charge in [-0.05, 0) is 44.9 Å². The average molecular weight is 294 g/mol. The Labute approximate surface area is 128 Å². The van der Waals surface area contributed by atoms with Gasteiger partial charge in [0.1, 0.15) is 0 Å². The van der Waals surface area contributed by atoms with Gasteiger partial charge in [0.2, 0.25) is 5.91 Å². The van der Waals surface area contributed by atoms with Gasteiger partial charge in [-0.15, -0.1) is 0 Å². The molecule has 4 atom stereocenters. The largest absolute Gasteiger partial charge is 0.378 e. The molecule has 0 saturated heterocycles. The maximum atomic E-state index is 12.3. The predicted molar refractivity (Wildman–Crippen MR) is 82.8 cm³/mol. The monoisotopic (exact) mass is 294 g/mol. The van der Waals surface area contributed by atoms with Crippen molar-refractivity contribution in [3.8, 4) is 0 Å². The summed E-state index contributed by atoms with van der Waals surface area (Å²) in [5.74, 6) is 0.607. The molecule has 3 fully saturated rings. The smallest absolute Gasteiger partial charge is 0.220 e. The highest BCUT2D eigenvalue weighted by atomic mass is 16.5. The first-order chi connectivity index (χ1) is 10.2. The van der Waals surface area contributed by atoms with Crippen molar-refractivity contribution in [2.45, 2.75) is 82.9 Å². The summed E-state index contributed by atoms with van der Waals surface area (Å²) in [5, 5.41) is 3.31. The van der Waals surface area contributed by atoms with Crippen molar-refractivity contribution < 1.29 is 9.53 Å². The topological polar surface area (TPSA) is 64.3 Å². The van der Waals surface area contributed by atoms with Crippen molar-refractivity contribution in [3.05, 3.63) is 0 Å². The molecule has 3 saturated carbocycles. The molecule has 4 nitrogen and oxygen atoms in total. The van der Waals surface area contributed by atoms with E-state index in [0.29, 0.717) is 24.5 Å². The summed E-state index contributed by atoms with van der Waals surface area (Å²) < 4.78 is 5.91. The van der Waals surface area contributed by atoms with E-state index in [1.54, 1.807) is 0 Å². The number of nitrogens with one attached hydrogen (secondary N) is 1. The second kappa shape index (κ2) is 6.25. The van der Waals surface area contributed by atoms with Gasteiger partial charge >= 0.3 is 0 Å². The number of amides is 1. The molecule has 2 unspecified atom stereocenters. The Balaban J connectivity index is 1.54. The van der Waals surface area contributed by atoms with E-state index in [1.165, 1.54) is 32.1 Å². The summed E-state index contributed by atoms with van der Waals surface area (Å²) in [6.07, 6.45) is 10.3. The first-order valence-corrected chi connectivity index (χ1v) is 8.82. The Hall–Kier alpha value is -0.610. The van der Waals surface area contributed by atoms with E-state index < -0.39 is 0 Å². The molecule has 0 bridgehead atoms. The third-order valence-electron chi connectivity index (χ3n) is 6.19. The van der Waals surface area contributed by atoms with Crippen molar-refractivity contribution in [1.82, 2.24) is 5.32 Å². The molecule has 0 aromatic carbocycles. The molecular formula is C17H30N2O2. The molecule has 3 aliphatic carbocycles. The maximum Gasteiger partial charge on any atom is 0.220 e. The molecule has 3 rings (SSSR count). The Morgan fingerprint density at radius 2 is 2.05 bits per heavy atom. The van der Waals surface area contributed by atoms with Gasteiger partial charge in [-0.25, -0.2) is 0 Å². The second-order valence-electron chi connectivity index (χ2n) is 7.30. The minimum Gasteiger partial charge on any atom is -0.378 e. The molecule has 0 aromatic heterocycles. The van der Waals surface area contributed by atoms with E-state index in [1.807, 2.05) is 0 Å². The second-order valence-corrected chi connectivity index (χ2v) is 7.30. The fourth-order valence-electron chi connectivity index (χ4n) is 4.90. The molecule has 1 spiro atoms. The lowest BCUT2D eigenvalue weighted by Gasteiger charge is -2.54. The lowest BCUT2D eigenvalue weighted by molar-refractivity contribution is -0.144. The lowest BCUT2D eigenvalue weighted by atomic mass is 9.60. The van der Waals surface area contributed by atoms with Crippen LogP contribution in [0.4, 0.5) is 0 Å². The van der Waals surface area contributed by atoms with Gasteiger partial charge < -0.3 is 15.8 Å². The van der Waals surface area contributed by atoms with Crippen molar-refractivity contribution in [2.75, 3.05) is 6.61 Å². The van der Waals surface area contributed by atoms with Crippen LogP contribution in [0.1, 0.15) is 64.7 Å². The number of carbonyl (C=O) groups excluding carboxylic acids is 1. The van der Waals surface area contributed by atoms with E-state index in [0.717, 1.165) is 25.9 Å². The first-order valence-electron chi connectivity index (χ1n) is 8.82. The molecule has 0 aliphatic heterocycles. The van der Waals surface area contributed by atoms with Crippen molar-refractivity contribution in [2.24, 2.45) is 17.1 Å². The average Bonchev–Trinajstić information content (AvgIpc) is 3.09. The minimum atomic E-state index is 0.212. The molecule has 3 aliphatic rings. The van der Waals surface area contributed by atoms with Crippen LogP contribution in [0.3, 0.4) is 0 Å². The Bertz CT molecular complexity index is 379. The van der Waals surface area contributed by atoms with E-state index in [-0.39, 0.29) is 17.4 Å². The van der Waals surface area contributed by atoms with E-state index >= 15 is 0 Å². The number of carbonyl (C=O) groups is 1. The molecule has 3 N–H and O–H groups in total. The third-order valence-corrected chi connectivity index (χ3v) is 6.19. The summed E-state index contributed by atoms with van der Waals surface area (Å²) in [5.41, 5.74) is 6.32. The number of hydrogen-bond acceptors (Lipinski definition) is 3. The summed E-state index contributed by atoms with van der Waals surface area (Å²) in [4.78, 5) is 12.3. The zero-order valence-electron chi connectivity index (χ0n) is 13.3. The predicted octanol–water partition coefficient (Wildman–Crippen LogP) is 2.36. The van der Waals surface area contributed by atoms with Gasteiger partial charge in [-0.3, -0.25) is 4.79 Å². The summed E-state index contributed by atoms with van der Waals surface area (Å²) in [7, 11) is 0. The number of ether oxygens (including phenoxy) is 1. The Morgan fingerprint density at radius 1 is 1.29 bits per heavy atom. The number of nitrogens with two attached hydrogens (primary N) is 1. The zero-order chi connectivity index (χ0) is 14.9. The standard InChI is InChI=1S/C17H30N2O2/c1-2-21-15-11-14(17(15)8-3-4-9-17)19-16(20)10-12-6-5-7-13(12)18/h12-15H,2-11,18H2,1H3,(H,19,20)/t12-,13+,14?,15?/m0/s1. The SMILES string of the molecule is CCOC1CC(NC(=O)C[C@@H]2CCC[C@H]2N)C12CCCC2. The van der Waals surface area contributed by atoms with Crippen LogP contribution in [0.2, 0.25) is 0 Å². The summed E-state index contributed by atoms with van der Waals surface area (Å²) in [6, 6.07) is 0.565. The number of rotatable bonds is 5. The fraction of sp³-hybridized carbons (Fsp3) is 0.941. The first kappa shape index (κ1) is 15.3. The quantitative estimate of drug-likeness (QED) is 0.818. The fourth-order valence-corrected chi connectivity index (χ4v) is 4.90. The van der Waals surface area contributed by atoms with Gasteiger partial charge in [0.15, 0.2) is 0 Å². The van der Waals surface area contributed by atoms with Crippen molar-refractivity contribution >= 4 is 5.91 Å². The van der Waals surface area contributed by atoms with Crippen LogP contribution in [0, 0.1) is 11.3 Å². The highest BCUT2D eigenvalue weighted by Crippen LogP contribution is 2.54. The molecule has 1 amide bonds. The molecule has 120 valence electrons. The van der Waals surface area contributed by atoms with Gasteiger partial charge in [-0.1, -0.05) is 19.3 Å². The van der Waals surface area contributed by atoms with Crippen LogP contribution in [0.5, 0.6) is 0 Å². The normalized spacial score (nSPS) is 37.6. The summed E-state index contributed by atoms with van der Waals surface area (Å²) >= 11 is 0.